The summed E-state index contributed by atoms with van der Waals surface area (Å²) in [6, 6.07) is 3.23. The number of amides is 2. The molecule has 0 unspecified atom stereocenters. The molecular weight excluding hydrogens is 356 g/mol. The normalized spacial score (nSPS) is 19.3. The second-order valence-corrected chi connectivity index (χ2v) is 6.87. The van der Waals surface area contributed by atoms with Crippen LogP contribution in [0.25, 0.3) is 0 Å². The Kier molecular flexibility index (Phi) is 5.56. The third kappa shape index (κ3) is 4.04. The molecule has 0 bridgehead atoms. The van der Waals surface area contributed by atoms with Gasteiger partial charge < -0.3 is 15.2 Å². The Morgan fingerprint density at radius 1 is 1.23 bits per heavy atom. The zero-order chi connectivity index (χ0) is 18.7. The van der Waals surface area contributed by atoms with E-state index in [1.54, 1.807) is 19.1 Å². The summed E-state index contributed by atoms with van der Waals surface area (Å²) in [5.74, 6) is 0.120. The first kappa shape index (κ1) is 18.4. The second kappa shape index (κ2) is 7.86. The summed E-state index contributed by atoms with van der Waals surface area (Å²) in [5.41, 5.74) is 1.51. The Bertz CT molecular complexity index is 803. The Morgan fingerprint density at radius 2 is 1.92 bits per heavy atom. The van der Waals surface area contributed by atoms with Gasteiger partial charge in [-0.2, -0.15) is 0 Å². The summed E-state index contributed by atoms with van der Waals surface area (Å²) in [5, 5.41) is 10.4. The fraction of sp³-hybridized carbons (Fsp3) is 0.444. The predicted molar refractivity (Wildman–Crippen MR) is 96.2 cm³/mol. The summed E-state index contributed by atoms with van der Waals surface area (Å²) in [6.07, 6.45) is 4.36. The smallest absolute Gasteiger partial charge is 0.270 e. The molecule has 2 heterocycles. The van der Waals surface area contributed by atoms with Gasteiger partial charge in [-0.25, -0.2) is 4.98 Å². The van der Waals surface area contributed by atoms with Crippen LogP contribution in [-0.4, -0.2) is 34.0 Å². The third-order valence-electron chi connectivity index (χ3n) is 4.56. The molecule has 1 aliphatic carbocycles. The van der Waals surface area contributed by atoms with E-state index in [1.165, 1.54) is 6.20 Å². The fourth-order valence-electron chi connectivity index (χ4n) is 3.22. The van der Waals surface area contributed by atoms with Gasteiger partial charge in [0.2, 0.25) is 0 Å². The summed E-state index contributed by atoms with van der Waals surface area (Å²) in [4.78, 5) is 28.8. The number of rotatable bonds is 5. The van der Waals surface area contributed by atoms with Gasteiger partial charge in [-0.3, -0.25) is 9.59 Å². The molecule has 2 aromatic heterocycles. The average molecular weight is 377 g/mol. The van der Waals surface area contributed by atoms with Gasteiger partial charge in [0.1, 0.15) is 17.0 Å². The molecule has 2 N–H and O–H groups in total. The lowest BCUT2D eigenvalue weighted by atomic mass is 10.1. The van der Waals surface area contributed by atoms with Crippen LogP contribution in [0.4, 0.5) is 0 Å². The molecule has 1 fully saturated rings. The maximum absolute atomic E-state index is 12.5. The van der Waals surface area contributed by atoms with E-state index in [2.05, 4.69) is 20.8 Å². The average Bonchev–Trinajstić information content (AvgIpc) is 3.21. The van der Waals surface area contributed by atoms with Gasteiger partial charge in [0, 0.05) is 18.3 Å². The molecule has 2 aromatic rings. The van der Waals surface area contributed by atoms with Crippen molar-refractivity contribution in [1.82, 2.24) is 20.8 Å². The number of aromatic nitrogens is 2. The van der Waals surface area contributed by atoms with Crippen LogP contribution in [0.3, 0.4) is 0 Å². The van der Waals surface area contributed by atoms with Crippen molar-refractivity contribution < 1.29 is 14.1 Å². The van der Waals surface area contributed by atoms with E-state index in [1.807, 2.05) is 6.92 Å². The molecule has 7 nitrogen and oxygen atoms in total. The van der Waals surface area contributed by atoms with E-state index >= 15 is 0 Å². The highest BCUT2D eigenvalue weighted by Crippen LogP contribution is 2.21. The van der Waals surface area contributed by atoms with Gasteiger partial charge in [-0.1, -0.05) is 23.7 Å². The van der Waals surface area contributed by atoms with E-state index < -0.39 is 0 Å². The lowest BCUT2D eigenvalue weighted by molar-refractivity contribution is 0.0932. The molecule has 8 heteroatoms. The molecule has 0 spiro atoms. The van der Waals surface area contributed by atoms with Gasteiger partial charge in [0.05, 0.1) is 10.7 Å². The van der Waals surface area contributed by atoms with Gasteiger partial charge in [-0.05, 0) is 44.7 Å². The molecule has 0 radical (unpaired) electrons. The minimum Gasteiger partial charge on any atom is -0.361 e. The van der Waals surface area contributed by atoms with Gasteiger partial charge >= 0.3 is 0 Å². The zero-order valence-electron chi connectivity index (χ0n) is 14.7. The number of halogens is 1. The van der Waals surface area contributed by atoms with Crippen LogP contribution in [-0.2, 0) is 6.42 Å². The number of hydrogen-bond acceptors (Lipinski definition) is 5. The minimum atomic E-state index is -0.234. The van der Waals surface area contributed by atoms with Crippen LogP contribution in [0.5, 0.6) is 0 Å². The molecule has 3 rings (SSSR count). The first-order chi connectivity index (χ1) is 12.5. The van der Waals surface area contributed by atoms with Crippen molar-refractivity contribution in [2.24, 2.45) is 0 Å². The summed E-state index contributed by atoms with van der Waals surface area (Å²) >= 11 is 5.78. The Labute approximate surface area is 156 Å². The number of nitrogens with zero attached hydrogens (tertiary/aromatic N) is 2. The molecule has 0 aliphatic heterocycles. The standard InChI is InChI=1S/C18H21ClN4O3/c1-3-14-16(10(2)26-23-14)18(25)22-13-6-5-12(8-13)21-17(24)15-7-4-11(19)9-20-15/h4,7,9,12-13H,3,5-6,8H2,1-2H3,(H,21,24)(H,22,25)/t12-,13+/m0/s1. The summed E-state index contributed by atoms with van der Waals surface area (Å²) in [6.45, 7) is 3.66. The second-order valence-electron chi connectivity index (χ2n) is 6.43. The zero-order valence-corrected chi connectivity index (χ0v) is 15.5. The fourth-order valence-corrected chi connectivity index (χ4v) is 3.33. The monoisotopic (exact) mass is 376 g/mol. The van der Waals surface area contributed by atoms with Crippen molar-refractivity contribution in [3.63, 3.8) is 0 Å². The van der Waals surface area contributed by atoms with Crippen molar-refractivity contribution in [1.29, 1.82) is 0 Å². The molecular formula is C18H21ClN4O3. The number of carbonyl (C=O) groups is 2. The van der Waals surface area contributed by atoms with E-state index in [9.17, 15) is 9.59 Å². The molecule has 1 aliphatic rings. The number of hydrogen-bond donors (Lipinski definition) is 2. The quantitative estimate of drug-likeness (QED) is 0.836. The van der Waals surface area contributed by atoms with Gasteiger partial charge in [0.25, 0.3) is 11.8 Å². The van der Waals surface area contributed by atoms with Crippen molar-refractivity contribution in [2.45, 2.75) is 51.6 Å². The molecule has 0 aromatic carbocycles. The Morgan fingerprint density at radius 3 is 2.54 bits per heavy atom. The maximum Gasteiger partial charge on any atom is 0.270 e. The van der Waals surface area contributed by atoms with Crippen molar-refractivity contribution in [3.05, 3.63) is 46.1 Å². The van der Waals surface area contributed by atoms with Crippen molar-refractivity contribution in [3.8, 4) is 0 Å². The number of pyridine rings is 1. The lowest BCUT2D eigenvalue weighted by Crippen LogP contribution is -2.37. The SMILES string of the molecule is CCc1noc(C)c1C(=O)N[C@@H]1CC[C@H](NC(=O)c2ccc(Cl)cn2)C1. The number of nitrogens with one attached hydrogen (secondary N) is 2. The minimum absolute atomic E-state index is 0.000467. The Balaban J connectivity index is 1.55. The molecule has 2 amide bonds. The summed E-state index contributed by atoms with van der Waals surface area (Å²) in [7, 11) is 0. The highest BCUT2D eigenvalue weighted by molar-refractivity contribution is 6.30. The molecule has 26 heavy (non-hydrogen) atoms. The first-order valence-electron chi connectivity index (χ1n) is 8.66. The molecule has 1 saturated carbocycles. The Hall–Kier alpha value is -2.41. The van der Waals surface area contributed by atoms with Crippen LogP contribution >= 0.6 is 11.6 Å². The van der Waals surface area contributed by atoms with Crippen LogP contribution < -0.4 is 10.6 Å². The van der Waals surface area contributed by atoms with Crippen LogP contribution in [0.1, 0.15) is 58.5 Å². The van der Waals surface area contributed by atoms with E-state index in [-0.39, 0.29) is 23.9 Å². The molecule has 2 atom stereocenters. The highest BCUT2D eigenvalue weighted by Gasteiger charge is 2.29. The van der Waals surface area contributed by atoms with E-state index in [0.717, 1.165) is 12.8 Å². The van der Waals surface area contributed by atoms with E-state index in [4.69, 9.17) is 16.1 Å². The van der Waals surface area contributed by atoms with Crippen LogP contribution in [0.2, 0.25) is 5.02 Å². The number of aryl methyl sites for hydroxylation is 2. The largest absolute Gasteiger partial charge is 0.361 e. The topological polar surface area (TPSA) is 97.1 Å². The third-order valence-corrected chi connectivity index (χ3v) is 4.78. The van der Waals surface area contributed by atoms with Crippen LogP contribution in [0.15, 0.2) is 22.9 Å². The first-order valence-corrected chi connectivity index (χ1v) is 9.04. The summed E-state index contributed by atoms with van der Waals surface area (Å²) < 4.78 is 5.12. The van der Waals surface area contributed by atoms with Gasteiger partial charge in [0.15, 0.2) is 0 Å². The van der Waals surface area contributed by atoms with E-state index in [0.29, 0.717) is 40.6 Å². The number of carbonyl (C=O) groups excluding carboxylic acids is 2. The predicted octanol–water partition coefficient (Wildman–Crippen LogP) is 2.67. The van der Waals surface area contributed by atoms with Crippen LogP contribution in [0, 0.1) is 6.92 Å². The highest BCUT2D eigenvalue weighted by atomic mass is 35.5. The van der Waals surface area contributed by atoms with Crippen molar-refractivity contribution in [2.75, 3.05) is 0 Å². The maximum atomic E-state index is 12.5. The lowest BCUT2D eigenvalue weighted by Gasteiger charge is -2.14. The van der Waals surface area contributed by atoms with Gasteiger partial charge in [-0.15, -0.1) is 0 Å². The molecule has 0 saturated heterocycles. The molecule has 138 valence electrons. The van der Waals surface area contributed by atoms with Crippen molar-refractivity contribution >= 4 is 23.4 Å².